The van der Waals surface area contributed by atoms with Crippen LogP contribution in [0.3, 0.4) is 0 Å². The van der Waals surface area contributed by atoms with Gasteiger partial charge in [0.25, 0.3) is 0 Å². The average molecular weight is 146 g/mol. The van der Waals surface area contributed by atoms with Crippen molar-refractivity contribution in [1.29, 1.82) is 0 Å². The number of hydrogen-bond donors (Lipinski definition) is 2. The minimum Gasteiger partial charge on any atom is -0.480 e. The van der Waals surface area contributed by atoms with Gasteiger partial charge >= 0.3 is 5.97 Å². The van der Waals surface area contributed by atoms with Crippen molar-refractivity contribution in [1.82, 2.24) is 0 Å². The lowest BCUT2D eigenvalue weighted by Crippen LogP contribution is -2.12. The predicted octanol–water partition coefficient (Wildman–Crippen LogP) is 1.34. The zero-order valence-electron chi connectivity index (χ0n) is 5.08. The van der Waals surface area contributed by atoms with Gasteiger partial charge in [0, 0.05) is 0 Å². The van der Waals surface area contributed by atoms with Gasteiger partial charge in [0.2, 0.25) is 0 Å². The number of aliphatic carboxylic acids is 1. The molecule has 0 spiro atoms. The summed E-state index contributed by atoms with van der Waals surface area (Å²) in [6.07, 6.45) is 2.95. The molecule has 9 heavy (non-hydrogen) atoms. The Labute approximate surface area is 60.0 Å². The van der Waals surface area contributed by atoms with Crippen LogP contribution in [0.2, 0.25) is 0 Å². The topological polar surface area (TPSA) is 37.3 Å². The van der Waals surface area contributed by atoms with Crippen molar-refractivity contribution < 1.29 is 9.90 Å². The Morgan fingerprint density at radius 3 is 2.78 bits per heavy atom. The van der Waals surface area contributed by atoms with E-state index >= 15 is 0 Å². The maximum atomic E-state index is 10.1. The van der Waals surface area contributed by atoms with Crippen molar-refractivity contribution in [2.24, 2.45) is 0 Å². The zero-order valence-corrected chi connectivity index (χ0v) is 5.97. The Balaban J connectivity index is 3.37. The average Bonchev–Trinajstić information content (AvgIpc) is 1.82. The molecule has 0 radical (unpaired) electrons. The van der Waals surface area contributed by atoms with Gasteiger partial charge < -0.3 is 5.11 Å². The largest absolute Gasteiger partial charge is 0.480 e. The van der Waals surface area contributed by atoms with E-state index in [4.69, 9.17) is 5.11 Å². The molecule has 0 bridgehead atoms. The van der Waals surface area contributed by atoms with Crippen LogP contribution in [-0.2, 0) is 4.79 Å². The Kier molecular flexibility index (Phi) is 4.22. The van der Waals surface area contributed by atoms with Gasteiger partial charge in [-0.2, -0.15) is 12.6 Å². The first-order chi connectivity index (χ1) is 4.18. The second-order valence-corrected chi connectivity index (χ2v) is 2.34. The number of carboxylic acid groups (broad SMARTS) is 1. The standard InChI is InChI=1S/C6H10O2S/c1-2-3-4-5(9)6(7)8/h2,5,9H,1,3-4H2,(H,7,8). The summed E-state index contributed by atoms with van der Waals surface area (Å²) in [5.41, 5.74) is 0. The molecule has 0 amide bonds. The lowest BCUT2D eigenvalue weighted by Gasteiger charge is -1.99. The summed E-state index contributed by atoms with van der Waals surface area (Å²) in [5.74, 6) is -0.861. The molecule has 0 fully saturated rings. The fraction of sp³-hybridized carbons (Fsp3) is 0.500. The van der Waals surface area contributed by atoms with E-state index in [1.807, 2.05) is 0 Å². The SMILES string of the molecule is C=CCCC(S)C(=O)O. The Bertz CT molecular complexity index is 112. The quantitative estimate of drug-likeness (QED) is 0.464. The normalized spacial score (nSPS) is 12.6. The second kappa shape index (κ2) is 4.44. The minimum atomic E-state index is -0.861. The van der Waals surface area contributed by atoms with Crippen LogP contribution < -0.4 is 0 Å². The van der Waals surface area contributed by atoms with Crippen LogP contribution in [0, 0.1) is 0 Å². The van der Waals surface area contributed by atoms with Crippen molar-refractivity contribution in [2.45, 2.75) is 18.1 Å². The monoisotopic (exact) mass is 146 g/mol. The highest BCUT2D eigenvalue weighted by atomic mass is 32.1. The van der Waals surface area contributed by atoms with E-state index in [2.05, 4.69) is 19.2 Å². The third-order valence-electron chi connectivity index (χ3n) is 0.929. The van der Waals surface area contributed by atoms with Crippen molar-refractivity contribution in [3.63, 3.8) is 0 Å². The number of carbonyl (C=O) groups is 1. The van der Waals surface area contributed by atoms with Crippen molar-refractivity contribution in [3.05, 3.63) is 12.7 Å². The summed E-state index contributed by atoms with van der Waals surface area (Å²) in [6, 6.07) is 0. The van der Waals surface area contributed by atoms with Crippen molar-refractivity contribution in [2.75, 3.05) is 0 Å². The fourth-order valence-corrected chi connectivity index (χ4v) is 0.548. The molecule has 0 aliphatic heterocycles. The second-order valence-electron chi connectivity index (χ2n) is 1.72. The summed E-state index contributed by atoms with van der Waals surface area (Å²) in [5, 5.41) is 7.76. The van der Waals surface area contributed by atoms with E-state index in [9.17, 15) is 4.79 Å². The van der Waals surface area contributed by atoms with Gasteiger partial charge in [0.05, 0.1) is 5.25 Å². The van der Waals surface area contributed by atoms with Gasteiger partial charge in [-0.3, -0.25) is 4.79 Å². The lowest BCUT2D eigenvalue weighted by atomic mass is 10.2. The molecule has 0 saturated carbocycles. The molecule has 0 aromatic heterocycles. The van der Waals surface area contributed by atoms with Crippen molar-refractivity contribution >= 4 is 18.6 Å². The Hall–Kier alpha value is -0.440. The third-order valence-corrected chi connectivity index (χ3v) is 1.41. The summed E-state index contributed by atoms with van der Waals surface area (Å²) < 4.78 is 0. The van der Waals surface area contributed by atoms with Gasteiger partial charge in [-0.05, 0) is 12.8 Å². The maximum Gasteiger partial charge on any atom is 0.316 e. The third kappa shape index (κ3) is 4.09. The molecule has 0 aromatic rings. The molecular weight excluding hydrogens is 136 g/mol. The smallest absolute Gasteiger partial charge is 0.316 e. The first kappa shape index (κ1) is 8.56. The van der Waals surface area contributed by atoms with Crippen LogP contribution in [-0.4, -0.2) is 16.3 Å². The molecule has 1 N–H and O–H groups in total. The highest BCUT2D eigenvalue weighted by Gasteiger charge is 2.08. The summed E-state index contributed by atoms with van der Waals surface area (Å²) >= 11 is 3.81. The lowest BCUT2D eigenvalue weighted by molar-refractivity contribution is -0.136. The van der Waals surface area contributed by atoms with E-state index in [1.165, 1.54) is 0 Å². The maximum absolute atomic E-state index is 10.1. The first-order valence-electron chi connectivity index (χ1n) is 2.70. The summed E-state index contributed by atoms with van der Waals surface area (Å²) in [6.45, 7) is 3.47. The van der Waals surface area contributed by atoms with Gasteiger partial charge in [-0.15, -0.1) is 6.58 Å². The van der Waals surface area contributed by atoms with Crippen LogP contribution in [0.25, 0.3) is 0 Å². The zero-order chi connectivity index (χ0) is 7.28. The highest BCUT2D eigenvalue weighted by Crippen LogP contribution is 2.04. The van der Waals surface area contributed by atoms with Gasteiger partial charge in [0.15, 0.2) is 0 Å². The molecule has 0 saturated heterocycles. The molecule has 2 nitrogen and oxygen atoms in total. The van der Waals surface area contributed by atoms with E-state index in [1.54, 1.807) is 6.08 Å². The van der Waals surface area contributed by atoms with Crippen molar-refractivity contribution in [3.8, 4) is 0 Å². The molecule has 3 heteroatoms. The number of hydrogen-bond acceptors (Lipinski definition) is 2. The van der Waals surface area contributed by atoms with E-state index in [0.717, 1.165) is 0 Å². The first-order valence-corrected chi connectivity index (χ1v) is 3.22. The van der Waals surface area contributed by atoms with Gasteiger partial charge in [0.1, 0.15) is 0 Å². The van der Waals surface area contributed by atoms with E-state index < -0.39 is 11.2 Å². The summed E-state index contributed by atoms with van der Waals surface area (Å²) in [7, 11) is 0. The van der Waals surface area contributed by atoms with Crippen LogP contribution >= 0.6 is 12.6 Å². The van der Waals surface area contributed by atoms with Crippen LogP contribution in [0.4, 0.5) is 0 Å². The Morgan fingerprint density at radius 1 is 1.89 bits per heavy atom. The van der Waals surface area contributed by atoms with Gasteiger partial charge in [-0.1, -0.05) is 6.08 Å². The van der Waals surface area contributed by atoms with Gasteiger partial charge in [-0.25, -0.2) is 0 Å². The number of allylic oxidation sites excluding steroid dienone is 1. The molecule has 52 valence electrons. The molecule has 1 unspecified atom stereocenters. The van der Waals surface area contributed by atoms with Crippen LogP contribution in [0.1, 0.15) is 12.8 Å². The molecule has 0 rings (SSSR count). The van der Waals surface area contributed by atoms with Crippen LogP contribution in [0.15, 0.2) is 12.7 Å². The fourth-order valence-electron chi connectivity index (χ4n) is 0.399. The highest BCUT2D eigenvalue weighted by molar-refractivity contribution is 7.81. The van der Waals surface area contributed by atoms with E-state index in [0.29, 0.717) is 12.8 Å². The predicted molar refractivity (Wildman–Crippen MR) is 39.8 cm³/mol. The summed E-state index contributed by atoms with van der Waals surface area (Å²) in [4.78, 5) is 10.1. The molecule has 0 aliphatic carbocycles. The van der Waals surface area contributed by atoms with E-state index in [-0.39, 0.29) is 0 Å². The number of rotatable bonds is 4. The number of carboxylic acids is 1. The Morgan fingerprint density at radius 2 is 2.44 bits per heavy atom. The molecule has 1 atom stereocenters. The minimum absolute atomic E-state index is 0.539. The molecular formula is C6H10O2S. The van der Waals surface area contributed by atoms with Crippen LogP contribution in [0.5, 0.6) is 0 Å². The molecule has 0 aliphatic rings. The molecule has 0 heterocycles. The number of thiol groups is 1. The molecule has 0 aromatic carbocycles.